The molecule has 0 saturated carbocycles. The lowest BCUT2D eigenvalue weighted by Crippen LogP contribution is -2.18. The molecule has 0 spiro atoms. The van der Waals surface area contributed by atoms with Crippen LogP contribution in [0.1, 0.15) is 11.3 Å². The summed E-state index contributed by atoms with van der Waals surface area (Å²) in [6, 6.07) is 0. The zero-order chi connectivity index (χ0) is 9.14. The molecule has 0 unspecified atom stereocenters. The average Bonchev–Trinajstić information content (AvgIpc) is 2.30. The summed E-state index contributed by atoms with van der Waals surface area (Å²) in [7, 11) is 1.80. The van der Waals surface area contributed by atoms with E-state index in [1.807, 2.05) is 6.92 Å². The number of aromatic nitrogens is 2. The second kappa shape index (κ2) is 3.21. The van der Waals surface area contributed by atoms with Crippen molar-refractivity contribution in [2.45, 2.75) is 6.92 Å². The summed E-state index contributed by atoms with van der Waals surface area (Å²) in [5, 5.41) is 14.0. The van der Waals surface area contributed by atoms with Crippen LogP contribution < -0.4 is 5.11 Å². The number of aryl methyl sites for hydroxylation is 1. The van der Waals surface area contributed by atoms with Crippen molar-refractivity contribution in [2.24, 2.45) is 7.05 Å². The third-order valence-corrected chi connectivity index (χ3v) is 1.67. The van der Waals surface area contributed by atoms with Gasteiger partial charge in [0.1, 0.15) is 0 Å². The summed E-state index contributed by atoms with van der Waals surface area (Å²) in [4.78, 5) is 10.1. The van der Waals surface area contributed by atoms with Gasteiger partial charge in [-0.25, -0.2) is 0 Å². The molecular weight excluding hydrogens is 156 g/mol. The summed E-state index contributed by atoms with van der Waals surface area (Å²) in [6.07, 6.45) is 4.07. The Morgan fingerprint density at radius 1 is 1.75 bits per heavy atom. The summed E-state index contributed by atoms with van der Waals surface area (Å²) >= 11 is 0. The molecule has 0 aliphatic carbocycles. The molecule has 1 aromatic heterocycles. The molecule has 0 amide bonds. The SMILES string of the molecule is Cc1c(/C=C/C(=O)[O-])cnn1C. The van der Waals surface area contributed by atoms with Crippen molar-refractivity contribution >= 4 is 12.0 Å². The fraction of sp³-hybridized carbons (Fsp3) is 0.250. The maximum Gasteiger partial charge on any atom is 0.0643 e. The molecule has 12 heavy (non-hydrogen) atoms. The van der Waals surface area contributed by atoms with Crippen LogP contribution in [-0.2, 0) is 11.8 Å². The normalized spacial score (nSPS) is 10.8. The van der Waals surface area contributed by atoms with E-state index in [4.69, 9.17) is 0 Å². The quantitative estimate of drug-likeness (QED) is 0.555. The number of nitrogens with zero attached hydrogens (tertiary/aromatic N) is 2. The van der Waals surface area contributed by atoms with Crippen molar-refractivity contribution in [3.05, 3.63) is 23.5 Å². The Hall–Kier alpha value is -1.58. The first-order valence-corrected chi connectivity index (χ1v) is 3.49. The Bertz CT molecular complexity index is 326. The Balaban J connectivity index is 2.90. The van der Waals surface area contributed by atoms with Gasteiger partial charge in [0.2, 0.25) is 0 Å². The highest BCUT2D eigenvalue weighted by molar-refractivity contribution is 5.83. The summed E-state index contributed by atoms with van der Waals surface area (Å²) < 4.78 is 1.68. The van der Waals surface area contributed by atoms with Gasteiger partial charge in [-0.2, -0.15) is 5.10 Å². The van der Waals surface area contributed by atoms with Crippen LogP contribution in [0.4, 0.5) is 0 Å². The predicted octanol–water partition coefficient (Wildman–Crippen LogP) is -0.508. The van der Waals surface area contributed by atoms with E-state index in [1.165, 1.54) is 6.08 Å². The van der Waals surface area contributed by atoms with Crippen LogP contribution in [0.3, 0.4) is 0 Å². The minimum Gasteiger partial charge on any atom is -0.545 e. The highest BCUT2D eigenvalue weighted by atomic mass is 16.4. The first kappa shape index (κ1) is 8.52. The van der Waals surface area contributed by atoms with Gasteiger partial charge in [-0.3, -0.25) is 4.68 Å². The van der Waals surface area contributed by atoms with E-state index in [1.54, 1.807) is 17.9 Å². The van der Waals surface area contributed by atoms with E-state index >= 15 is 0 Å². The van der Waals surface area contributed by atoms with Gasteiger partial charge in [-0.05, 0) is 19.1 Å². The summed E-state index contributed by atoms with van der Waals surface area (Å²) in [6.45, 7) is 1.86. The number of rotatable bonds is 2. The molecular formula is C8H9N2O2-. The third kappa shape index (κ3) is 1.72. The Labute approximate surface area is 70.1 Å². The molecule has 0 atom stereocenters. The fourth-order valence-corrected chi connectivity index (χ4v) is 0.837. The van der Waals surface area contributed by atoms with Crippen LogP contribution >= 0.6 is 0 Å². The van der Waals surface area contributed by atoms with E-state index in [0.29, 0.717) is 0 Å². The molecule has 4 heteroatoms. The molecule has 1 aromatic rings. The molecule has 0 fully saturated rings. The van der Waals surface area contributed by atoms with Gasteiger partial charge in [0.15, 0.2) is 0 Å². The molecule has 4 nitrogen and oxygen atoms in total. The zero-order valence-corrected chi connectivity index (χ0v) is 6.94. The van der Waals surface area contributed by atoms with Gasteiger partial charge in [0, 0.05) is 18.3 Å². The second-order valence-corrected chi connectivity index (χ2v) is 2.46. The number of hydrogen-bond donors (Lipinski definition) is 0. The van der Waals surface area contributed by atoms with Crippen LogP contribution in [0.5, 0.6) is 0 Å². The number of carboxylic acids is 1. The monoisotopic (exact) mass is 165 g/mol. The molecule has 64 valence electrons. The van der Waals surface area contributed by atoms with Crippen LogP contribution in [0, 0.1) is 6.92 Å². The molecule has 0 bridgehead atoms. The smallest absolute Gasteiger partial charge is 0.0643 e. The van der Waals surface area contributed by atoms with Crippen molar-refractivity contribution in [1.29, 1.82) is 0 Å². The summed E-state index contributed by atoms with van der Waals surface area (Å²) in [5.74, 6) is -1.20. The molecule has 0 N–H and O–H groups in total. The Morgan fingerprint density at radius 3 is 2.83 bits per heavy atom. The van der Waals surface area contributed by atoms with Crippen molar-refractivity contribution < 1.29 is 9.90 Å². The lowest BCUT2D eigenvalue weighted by Gasteiger charge is -1.94. The lowest BCUT2D eigenvalue weighted by atomic mass is 10.2. The van der Waals surface area contributed by atoms with Gasteiger partial charge in [0.25, 0.3) is 0 Å². The zero-order valence-electron chi connectivity index (χ0n) is 6.94. The van der Waals surface area contributed by atoms with Gasteiger partial charge in [-0.1, -0.05) is 0 Å². The standard InChI is InChI=1S/C8H10N2O2/c1-6-7(3-4-8(11)12)5-9-10(6)2/h3-5H,1-2H3,(H,11,12)/p-1/b4-3+. The van der Waals surface area contributed by atoms with Gasteiger partial charge in [0.05, 0.1) is 12.2 Å². The van der Waals surface area contributed by atoms with Crippen molar-refractivity contribution in [2.75, 3.05) is 0 Å². The lowest BCUT2D eigenvalue weighted by molar-refractivity contribution is -0.297. The molecule has 0 radical (unpaired) electrons. The number of hydrogen-bond acceptors (Lipinski definition) is 3. The largest absolute Gasteiger partial charge is 0.545 e. The number of aliphatic carboxylic acids is 1. The van der Waals surface area contributed by atoms with Gasteiger partial charge in [-0.15, -0.1) is 0 Å². The number of carboxylic acid groups (broad SMARTS) is 1. The highest BCUT2D eigenvalue weighted by Crippen LogP contribution is 2.06. The molecule has 0 aliphatic rings. The predicted molar refractivity (Wildman–Crippen MR) is 42.0 cm³/mol. The topological polar surface area (TPSA) is 57.9 Å². The van der Waals surface area contributed by atoms with Crippen molar-refractivity contribution in [1.82, 2.24) is 9.78 Å². The maximum absolute atomic E-state index is 10.1. The highest BCUT2D eigenvalue weighted by Gasteiger charge is 1.97. The first-order valence-electron chi connectivity index (χ1n) is 3.49. The maximum atomic E-state index is 10.1. The summed E-state index contributed by atoms with van der Waals surface area (Å²) in [5.41, 5.74) is 1.72. The Kier molecular flexibility index (Phi) is 2.28. The van der Waals surface area contributed by atoms with Crippen molar-refractivity contribution in [3.8, 4) is 0 Å². The molecule has 1 rings (SSSR count). The van der Waals surface area contributed by atoms with Gasteiger partial charge < -0.3 is 9.90 Å². The third-order valence-electron chi connectivity index (χ3n) is 1.67. The number of carbonyl (C=O) groups is 1. The molecule has 0 saturated heterocycles. The molecule has 0 aliphatic heterocycles. The molecule has 1 heterocycles. The van der Waals surface area contributed by atoms with Crippen LogP contribution in [0.15, 0.2) is 12.3 Å². The van der Waals surface area contributed by atoms with E-state index in [9.17, 15) is 9.90 Å². The van der Waals surface area contributed by atoms with Gasteiger partial charge >= 0.3 is 0 Å². The van der Waals surface area contributed by atoms with Crippen LogP contribution in [0.2, 0.25) is 0 Å². The van der Waals surface area contributed by atoms with Crippen LogP contribution in [-0.4, -0.2) is 15.7 Å². The number of carbonyl (C=O) groups excluding carboxylic acids is 1. The first-order chi connectivity index (χ1) is 5.61. The van der Waals surface area contributed by atoms with E-state index < -0.39 is 5.97 Å². The van der Waals surface area contributed by atoms with E-state index in [2.05, 4.69) is 5.10 Å². The van der Waals surface area contributed by atoms with E-state index in [0.717, 1.165) is 17.3 Å². The second-order valence-electron chi connectivity index (χ2n) is 2.46. The van der Waals surface area contributed by atoms with Crippen molar-refractivity contribution in [3.63, 3.8) is 0 Å². The molecule has 0 aromatic carbocycles. The van der Waals surface area contributed by atoms with E-state index in [-0.39, 0.29) is 0 Å². The Morgan fingerprint density at radius 2 is 2.42 bits per heavy atom. The average molecular weight is 165 g/mol. The van der Waals surface area contributed by atoms with Crippen LogP contribution in [0.25, 0.3) is 6.08 Å². The fourth-order valence-electron chi connectivity index (χ4n) is 0.837. The minimum absolute atomic E-state index is 0.793. The minimum atomic E-state index is -1.20.